The second-order valence-electron chi connectivity index (χ2n) is 4.19. The summed E-state index contributed by atoms with van der Waals surface area (Å²) in [5.74, 6) is 0.692. The molecule has 78 valence electrons. The highest BCUT2D eigenvalue weighted by molar-refractivity contribution is 9.10. The average Bonchev–Trinajstić information content (AvgIpc) is 2.00. The lowest BCUT2D eigenvalue weighted by Gasteiger charge is -2.14. The molecule has 0 aromatic rings. The van der Waals surface area contributed by atoms with E-state index in [9.17, 15) is 0 Å². The molecule has 3 heteroatoms. The Morgan fingerprint density at radius 1 is 1.31 bits per heavy atom. The second-order valence-corrected chi connectivity index (χ2v) is 5.90. The fourth-order valence-corrected chi connectivity index (χ4v) is 1.11. The molecule has 2 atom stereocenters. The molecule has 0 radical (unpaired) electrons. The van der Waals surface area contributed by atoms with Crippen molar-refractivity contribution < 1.29 is 0 Å². The first-order chi connectivity index (χ1) is 5.87. The van der Waals surface area contributed by atoms with Crippen molar-refractivity contribution in [2.24, 2.45) is 16.1 Å². The van der Waals surface area contributed by atoms with Gasteiger partial charge < -0.3 is 0 Å². The Labute approximate surface area is 90.3 Å². The van der Waals surface area contributed by atoms with E-state index in [2.05, 4.69) is 53.9 Å². The lowest BCUT2D eigenvalue weighted by atomic mass is 10.1. The van der Waals surface area contributed by atoms with Crippen LogP contribution in [0.3, 0.4) is 0 Å². The molecule has 0 aliphatic heterocycles. The number of rotatable bonds is 5. The Bertz CT molecular complexity index is 164. The van der Waals surface area contributed by atoms with Gasteiger partial charge in [-0.25, -0.2) is 0 Å². The molecule has 0 amide bonds. The van der Waals surface area contributed by atoms with E-state index in [-0.39, 0.29) is 4.45 Å². The summed E-state index contributed by atoms with van der Waals surface area (Å²) in [4.78, 5) is 0. The third-order valence-electron chi connectivity index (χ3n) is 1.92. The molecule has 0 heterocycles. The van der Waals surface area contributed by atoms with E-state index in [0.717, 1.165) is 12.8 Å². The molecule has 0 saturated heterocycles. The van der Waals surface area contributed by atoms with Gasteiger partial charge in [0.15, 0.2) is 0 Å². The Morgan fingerprint density at radius 3 is 2.23 bits per heavy atom. The zero-order valence-electron chi connectivity index (χ0n) is 9.34. The van der Waals surface area contributed by atoms with Gasteiger partial charge in [0, 0.05) is 0 Å². The zero-order valence-corrected chi connectivity index (χ0v) is 10.9. The van der Waals surface area contributed by atoms with Crippen molar-refractivity contribution in [1.29, 1.82) is 0 Å². The topological polar surface area (TPSA) is 24.7 Å². The molecule has 0 aliphatic rings. The minimum atomic E-state index is -0.168. The lowest BCUT2D eigenvalue weighted by molar-refractivity contribution is 0.488. The summed E-state index contributed by atoms with van der Waals surface area (Å²) in [7, 11) is 0. The van der Waals surface area contributed by atoms with Crippen molar-refractivity contribution in [2.45, 2.75) is 58.0 Å². The quantitative estimate of drug-likeness (QED) is 0.392. The minimum absolute atomic E-state index is 0.168. The predicted molar refractivity (Wildman–Crippen MR) is 61.4 cm³/mol. The summed E-state index contributed by atoms with van der Waals surface area (Å²) in [6.07, 6.45) is 2.07. The van der Waals surface area contributed by atoms with Gasteiger partial charge in [0.1, 0.15) is 4.45 Å². The number of azo groups is 1. The standard InChI is InChI=1S/C10H21BrN2/c1-6-10(5,11)13-12-9(4)7-8(2)3/h8-9H,6-7H2,1-5H3. The molecular formula is C10H21BrN2. The molecule has 2 unspecified atom stereocenters. The first-order valence-corrected chi connectivity index (χ1v) is 5.77. The van der Waals surface area contributed by atoms with Gasteiger partial charge in [-0.1, -0.05) is 36.7 Å². The van der Waals surface area contributed by atoms with E-state index in [0.29, 0.717) is 12.0 Å². The fraction of sp³-hybridized carbons (Fsp3) is 1.00. The van der Waals surface area contributed by atoms with Crippen LogP contribution in [0.5, 0.6) is 0 Å². The van der Waals surface area contributed by atoms with Crippen LogP contribution in [-0.2, 0) is 0 Å². The van der Waals surface area contributed by atoms with Crippen molar-refractivity contribution in [2.75, 3.05) is 0 Å². The fourth-order valence-electron chi connectivity index (χ4n) is 1.02. The number of alkyl halides is 1. The van der Waals surface area contributed by atoms with Gasteiger partial charge in [0.2, 0.25) is 0 Å². The van der Waals surface area contributed by atoms with Crippen LogP contribution in [0.15, 0.2) is 10.2 Å². The molecule has 0 bridgehead atoms. The van der Waals surface area contributed by atoms with Crippen LogP contribution in [0.2, 0.25) is 0 Å². The van der Waals surface area contributed by atoms with E-state index in [1.807, 2.05) is 6.92 Å². The van der Waals surface area contributed by atoms with Gasteiger partial charge >= 0.3 is 0 Å². The average molecular weight is 249 g/mol. The van der Waals surface area contributed by atoms with Gasteiger partial charge in [-0.05, 0) is 32.6 Å². The normalized spacial score (nSPS) is 19.3. The predicted octanol–water partition coefficient (Wildman–Crippen LogP) is 4.39. The molecule has 0 N–H and O–H groups in total. The molecule has 0 saturated carbocycles. The van der Waals surface area contributed by atoms with E-state index in [4.69, 9.17) is 0 Å². The molecule has 0 aromatic heterocycles. The molecule has 0 aliphatic carbocycles. The maximum Gasteiger partial charge on any atom is 0.133 e. The summed E-state index contributed by atoms with van der Waals surface area (Å²) in [5.41, 5.74) is 0. The number of hydrogen-bond donors (Lipinski definition) is 0. The van der Waals surface area contributed by atoms with Crippen LogP contribution >= 0.6 is 15.9 Å². The highest BCUT2D eigenvalue weighted by atomic mass is 79.9. The third kappa shape index (κ3) is 7.17. The molecule has 0 spiro atoms. The van der Waals surface area contributed by atoms with Gasteiger partial charge in [-0.2, -0.15) is 10.2 Å². The van der Waals surface area contributed by atoms with Crippen LogP contribution in [0.25, 0.3) is 0 Å². The second kappa shape index (κ2) is 5.74. The van der Waals surface area contributed by atoms with Crippen LogP contribution in [0, 0.1) is 5.92 Å². The Balaban J connectivity index is 3.96. The van der Waals surface area contributed by atoms with Crippen LogP contribution in [-0.4, -0.2) is 10.5 Å². The van der Waals surface area contributed by atoms with E-state index >= 15 is 0 Å². The maximum absolute atomic E-state index is 4.28. The zero-order chi connectivity index (χ0) is 10.5. The van der Waals surface area contributed by atoms with Gasteiger partial charge in [-0.15, -0.1) is 0 Å². The van der Waals surface area contributed by atoms with Crippen LogP contribution in [0.4, 0.5) is 0 Å². The molecular weight excluding hydrogens is 228 g/mol. The molecule has 0 aromatic carbocycles. The van der Waals surface area contributed by atoms with Gasteiger partial charge in [-0.3, -0.25) is 0 Å². The van der Waals surface area contributed by atoms with Crippen molar-refractivity contribution >= 4 is 15.9 Å². The third-order valence-corrected chi connectivity index (χ3v) is 2.64. The number of nitrogens with zero attached hydrogens (tertiary/aromatic N) is 2. The van der Waals surface area contributed by atoms with Crippen LogP contribution in [0.1, 0.15) is 47.5 Å². The first kappa shape index (κ1) is 13.1. The van der Waals surface area contributed by atoms with Crippen molar-refractivity contribution in [3.63, 3.8) is 0 Å². The Kier molecular flexibility index (Phi) is 5.77. The van der Waals surface area contributed by atoms with E-state index < -0.39 is 0 Å². The van der Waals surface area contributed by atoms with E-state index in [1.165, 1.54) is 0 Å². The molecule has 13 heavy (non-hydrogen) atoms. The molecule has 0 fully saturated rings. The molecule has 2 nitrogen and oxygen atoms in total. The Hall–Kier alpha value is 0.0800. The van der Waals surface area contributed by atoms with Gasteiger partial charge in [0.25, 0.3) is 0 Å². The summed E-state index contributed by atoms with van der Waals surface area (Å²) in [6, 6.07) is 0.337. The monoisotopic (exact) mass is 248 g/mol. The van der Waals surface area contributed by atoms with Crippen molar-refractivity contribution in [3.05, 3.63) is 0 Å². The minimum Gasteiger partial charge on any atom is -0.190 e. The number of halogens is 1. The lowest BCUT2D eigenvalue weighted by Crippen LogP contribution is -2.10. The maximum atomic E-state index is 4.28. The SMILES string of the molecule is CCC(C)(Br)N=NC(C)CC(C)C. The van der Waals surface area contributed by atoms with Crippen molar-refractivity contribution in [3.8, 4) is 0 Å². The highest BCUT2D eigenvalue weighted by Gasteiger charge is 2.15. The Morgan fingerprint density at radius 2 is 1.85 bits per heavy atom. The summed E-state index contributed by atoms with van der Waals surface area (Å²) in [6.45, 7) is 10.7. The summed E-state index contributed by atoms with van der Waals surface area (Å²) in [5, 5.41) is 8.55. The molecule has 0 rings (SSSR count). The summed E-state index contributed by atoms with van der Waals surface area (Å²) >= 11 is 3.52. The highest BCUT2D eigenvalue weighted by Crippen LogP contribution is 2.24. The summed E-state index contributed by atoms with van der Waals surface area (Å²) < 4.78 is -0.168. The first-order valence-electron chi connectivity index (χ1n) is 4.98. The van der Waals surface area contributed by atoms with Crippen molar-refractivity contribution in [1.82, 2.24) is 0 Å². The largest absolute Gasteiger partial charge is 0.190 e. The van der Waals surface area contributed by atoms with Crippen LogP contribution < -0.4 is 0 Å². The smallest absolute Gasteiger partial charge is 0.133 e. The van der Waals surface area contributed by atoms with Gasteiger partial charge in [0.05, 0.1) is 6.04 Å². The number of hydrogen-bond acceptors (Lipinski definition) is 2. The van der Waals surface area contributed by atoms with E-state index in [1.54, 1.807) is 0 Å².